The van der Waals surface area contributed by atoms with Crippen LogP contribution in [0.4, 0.5) is 0 Å². The third-order valence-electron chi connectivity index (χ3n) is 3.87. The summed E-state index contributed by atoms with van der Waals surface area (Å²) in [6.45, 7) is 3.90. The highest BCUT2D eigenvalue weighted by Gasteiger charge is 2.09. The molecule has 0 bridgehead atoms. The van der Waals surface area contributed by atoms with Crippen LogP contribution in [-0.2, 0) is 17.9 Å². The van der Waals surface area contributed by atoms with Crippen LogP contribution in [0.5, 0.6) is 0 Å². The number of nitrogens with zero attached hydrogens (tertiary/aromatic N) is 4. The molecule has 3 rings (SSSR count). The zero-order valence-electron chi connectivity index (χ0n) is 13.7. The zero-order chi connectivity index (χ0) is 16.8. The summed E-state index contributed by atoms with van der Waals surface area (Å²) in [7, 11) is 0. The van der Waals surface area contributed by atoms with E-state index in [1.807, 2.05) is 55.7 Å². The maximum Gasteiger partial charge on any atom is 0.221 e. The van der Waals surface area contributed by atoms with E-state index in [0.29, 0.717) is 26.1 Å². The Bertz CT molecular complexity index is 777. The standard InChI is InChI=1S/C18H21N5O/c1-15-14-20-18(16-6-3-2-4-7-16)23(15)13-10-19-17(24)8-12-22-11-5-9-21-22/h2-7,9,11,14H,8,10,12-13H2,1H3,(H,19,24). The van der Waals surface area contributed by atoms with Crippen LogP contribution in [0.1, 0.15) is 12.1 Å². The molecule has 6 nitrogen and oxygen atoms in total. The Balaban J connectivity index is 1.53. The topological polar surface area (TPSA) is 64.7 Å². The smallest absolute Gasteiger partial charge is 0.221 e. The minimum absolute atomic E-state index is 0.0320. The van der Waals surface area contributed by atoms with Crippen LogP contribution >= 0.6 is 0 Å². The van der Waals surface area contributed by atoms with Crippen molar-refractivity contribution in [2.75, 3.05) is 6.54 Å². The highest BCUT2D eigenvalue weighted by Crippen LogP contribution is 2.18. The summed E-state index contributed by atoms with van der Waals surface area (Å²) in [5.41, 5.74) is 2.16. The molecule has 0 aliphatic heterocycles. The summed E-state index contributed by atoms with van der Waals surface area (Å²) in [6.07, 6.45) is 5.86. The van der Waals surface area contributed by atoms with Gasteiger partial charge in [-0.1, -0.05) is 30.3 Å². The largest absolute Gasteiger partial charge is 0.354 e. The summed E-state index contributed by atoms with van der Waals surface area (Å²) in [4.78, 5) is 16.4. The van der Waals surface area contributed by atoms with E-state index < -0.39 is 0 Å². The fourth-order valence-electron chi connectivity index (χ4n) is 2.61. The molecule has 1 aromatic carbocycles. The number of aromatic nitrogens is 4. The Morgan fingerprint density at radius 1 is 1.17 bits per heavy atom. The van der Waals surface area contributed by atoms with E-state index in [1.165, 1.54) is 0 Å². The first-order chi connectivity index (χ1) is 11.7. The molecule has 0 aliphatic rings. The van der Waals surface area contributed by atoms with Crippen molar-refractivity contribution in [1.29, 1.82) is 0 Å². The Morgan fingerprint density at radius 3 is 2.75 bits per heavy atom. The number of nitrogens with one attached hydrogen (secondary N) is 1. The highest BCUT2D eigenvalue weighted by molar-refractivity contribution is 5.75. The molecule has 1 amide bonds. The summed E-state index contributed by atoms with van der Waals surface area (Å²) in [6, 6.07) is 11.9. The molecule has 2 heterocycles. The second kappa shape index (κ2) is 7.59. The SMILES string of the molecule is Cc1cnc(-c2ccccc2)n1CCNC(=O)CCn1cccn1. The quantitative estimate of drug-likeness (QED) is 0.725. The van der Waals surface area contributed by atoms with Gasteiger partial charge in [-0.05, 0) is 13.0 Å². The number of amides is 1. The van der Waals surface area contributed by atoms with Crippen molar-refractivity contribution in [3.8, 4) is 11.4 Å². The molecule has 6 heteroatoms. The fourth-order valence-corrected chi connectivity index (χ4v) is 2.61. The number of aryl methyl sites for hydroxylation is 2. The van der Waals surface area contributed by atoms with Gasteiger partial charge in [-0.25, -0.2) is 4.98 Å². The molecule has 0 aliphatic carbocycles. The van der Waals surface area contributed by atoms with Crippen LogP contribution < -0.4 is 5.32 Å². The highest BCUT2D eigenvalue weighted by atomic mass is 16.1. The van der Waals surface area contributed by atoms with E-state index in [0.717, 1.165) is 17.1 Å². The van der Waals surface area contributed by atoms with Crippen LogP contribution in [0.25, 0.3) is 11.4 Å². The van der Waals surface area contributed by atoms with Gasteiger partial charge in [-0.2, -0.15) is 5.10 Å². The van der Waals surface area contributed by atoms with E-state index in [-0.39, 0.29) is 5.91 Å². The molecule has 0 saturated heterocycles. The number of imidazole rings is 1. The van der Waals surface area contributed by atoms with Crippen molar-refractivity contribution < 1.29 is 4.79 Å². The van der Waals surface area contributed by atoms with Gasteiger partial charge in [-0.3, -0.25) is 9.48 Å². The van der Waals surface area contributed by atoms with Gasteiger partial charge in [-0.15, -0.1) is 0 Å². The summed E-state index contributed by atoms with van der Waals surface area (Å²) >= 11 is 0. The second-order valence-corrected chi connectivity index (χ2v) is 5.61. The average Bonchev–Trinajstić information content (AvgIpc) is 3.24. The van der Waals surface area contributed by atoms with E-state index in [4.69, 9.17) is 0 Å². The molecule has 0 fully saturated rings. The van der Waals surface area contributed by atoms with Crippen molar-refractivity contribution in [3.05, 3.63) is 60.7 Å². The Kier molecular flexibility index (Phi) is 5.05. The van der Waals surface area contributed by atoms with Crippen molar-refractivity contribution in [1.82, 2.24) is 24.6 Å². The van der Waals surface area contributed by atoms with Crippen molar-refractivity contribution in [2.24, 2.45) is 0 Å². The maximum absolute atomic E-state index is 11.9. The van der Waals surface area contributed by atoms with Gasteiger partial charge in [0.15, 0.2) is 0 Å². The predicted molar refractivity (Wildman–Crippen MR) is 92.3 cm³/mol. The van der Waals surface area contributed by atoms with Crippen LogP contribution in [0.2, 0.25) is 0 Å². The third-order valence-corrected chi connectivity index (χ3v) is 3.87. The van der Waals surface area contributed by atoms with Gasteiger partial charge in [0.2, 0.25) is 5.91 Å². The summed E-state index contributed by atoms with van der Waals surface area (Å²) in [5.74, 6) is 0.961. The molecular weight excluding hydrogens is 302 g/mol. The second-order valence-electron chi connectivity index (χ2n) is 5.61. The van der Waals surface area contributed by atoms with Crippen LogP contribution in [-0.4, -0.2) is 31.8 Å². The number of benzene rings is 1. The van der Waals surface area contributed by atoms with E-state index >= 15 is 0 Å². The van der Waals surface area contributed by atoms with Gasteiger partial charge in [0.25, 0.3) is 0 Å². The van der Waals surface area contributed by atoms with Crippen LogP contribution in [0, 0.1) is 6.92 Å². The van der Waals surface area contributed by atoms with Crippen molar-refractivity contribution >= 4 is 5.91 Å². The lowest BCUT2D eigenvalue weighted by Gasteiger charge is -2.11. The average molecular weight is 323 g/mol. The lowest BCUT2D eigenvalue weighted by Crippen LogP contribution is -2.28. The lowest BCUT2D eigenvalue weighted by molar-refractivity contribution is -0.121. The molecular formula is C18H21N5O. The Labute approximate surface area is 141 Å². The van der Waals surface area contributed by atoms with Gasteiger partial charge in [0.1, 0.15) is 5.82 Å². The lowest BCUT2D eigenvalue weighted by atomic mass is 10.2. The zero-order valence-corrected chi connectivity index (χ0v) is 13.7. The molecule has 0 saturated carbocycles. The summed E-state index contributed by atoms with van der Waals surface area (Å²) in [5, 5.41) is 7.05. The monoisotopic (exact) mass is 323 g/mol. The Morgan fingerprint density at radius 2 is 2.00 bits per heavy atom. The Hall–Kier alpha value is -2.89. The fraction of sp³-hybridized carbons (Fsp3) is 0.278. The minimum Gasteiger partial charge on any atom is -0.354 e. The number of hydrogen-bond donors (Lipinski definition) is 1. The number of carbonyl (C=O) groups is 1. The van der Waals surface area contributed by atoms with Crippen molar-refractivity contribution in [2.45, 2.75) is 26.4 Å². The maximum atomic E-state index is 11.9. The minimum atomic E-state index is 0.0320. The molecule has 0 spiro atoms. The van der Waals surface area contributed by atoms with E-state index in [2.05, 4.69) is 20.0 Å². The van der Waals surface area contributed by atoms with Crippen molar-refractivity contribution in [3.63, 3.8) is 0 Å². The van der Waals surface area contributed by atoms with E-state index in [1.54, 1.807) is 10.9 Å². The molecule has 24 heavy (non-hydrogen) atoms. The van der Waals surface area contributed by atoms with E-state index in [9.17, 15) is 4.79 Å². The first-order valence-electron chi connectivity index (χ1n) is 8.06. The molecule has 1 N–H and O–H groups in total. The molecule has 0 atom stereocenters. The van der Waals surface area contributed by atoms with Crippen LogP contribution in [0.3, 0.4) is 0 Å². The van der Waals surface area contributed by atoms with Crippen LogP contribution in [0.15, 0.2) is 55.0 Å². The number of carbonyl (C=O) groups excluding carboxylic acids is 1. The number of rotatable bonds is 7. The first-order valence-corrected chi connectivity index (χ1v) is 8.06. The molecule has 0 unspecified atom stereocenters. The molecule has 3 aromatic rings. The summed E-state index contributed by atoms with van der Waals surface area (Å²) < 4.78 is 3.89. The first kappa shape index (κ1) is 16.0. The normalized spacial score (nSPS) is 10.7. The predicted octanol–water partition coefficient (Wildman–Crippen LogP) is 2.26. The molecule has 0 radical (unpaired) electrons. The molecule has 124 valence electrons. The van der Waals surface area contributed by atoms with Gasteiger partial charge < -0.3 is 9.88 Å². The number of hydrogen-bond acceptors (Lipinski definition) is 3. The van der Waals surface area contributed by atoms with Gasteiger partial charge in [0.05, 0.1) is 0 Å². The third kappa shape index (κ3) is 3.90. The van der Waals surface area contributed by atoms with Gasteiger partial charge in [0, 0.05) is 55.9 Å². The molecule has 2 aromatic heterocycles. The van der Waals surface area contributed by atoms with Gasteiger partial charge >= 0.3 is 0 Å².